The maximum atomic E-state index is 11.3. The average molecular weight is 210 g/mol. The number of rotatable bonds is 1. The predicted molar refractivity (Wildman–Crippen MR) is 55.2 cm³/mol. The van der Waals surface area contributed by atoms with Crippen molar-refractivity contribution in [2.75, 3.05) is 0 Å². The highest BCUT2D eigenvalue weighted by Crippen LogP contribution is 2.40. The Bertz CT molecular complexity index is 272. The Balaban J connectivity index is 1.89. The molecule has 0 aromatic carbocycles. The Morgan fingerprint density at radius 2 is 2.07 bits per heavy atom. The van der Waals surface area contributed by atoms with Gasteiger partial charge in [-0.05, 0) is 37.5 Å². The number of ether oxygens (including phenoxy) is 1. The molecular weight excluding hydrogens is 192 g/mol. The summed E-state index contributed by atoms with van der Waals surface area (Å²) in [6.45, 7) is 1.47. The molecule has 0 radical (unpaired) electrons. The largest absolute Gasteiger partial charge is 0.463 e. The summed E-state index contributed by atoms with van der Waals surface area (Å²) in [4.78, 5) is 22.1. The Morgan fingerprint density at radius 3 is 2.80 bits per heavy atom. The molecule has 2 fully saturated rings. The second-order valence-corrected chi connectivity index (χ2v) is 4.85. The first kappa shape index (κ1) is 10.7. The molecule has 2 saturated carbocycles. The molecule has 0 aromatic rings. The summed E-state index contributed by atoms with van der Waals surface area (Å²) in [6.07, 6.45) is 5.56. The van der Waals surface area contributed by atoms with Gasteiger partial charge in [-0.1, -0.05) is 0 Å². The summed E-state index contributed by atoms with van der Waals surface area (Å²) in [5.41, 5.74) is 0. The molecule has 0 N–H and O–H groups in total. The molecule has 2 unspecified atom stereocenters. The third-order valence-corrected chi connectivity index (χ3v) is 3.71. The van der Waals surface area contributed by atoms with Gasteiger partial charge in [0.25, 0.3) is 0 Å². The fraction of sp³-hybridized carbons (Fsp3) is 0.833. The van der Waals surface area contributed by atoms with Gasteiger partial charge in [0.1, 0.15) is 11.9 Å². The lowest BCUT2D eigenvalue weighted by atomic mass is 9.70. The molecule has 0 bridgehead atoms. The number of fused-ring (bicyclic) bond motifs is 1. The van der Waals surface area contributed by atoms with Gasteiger partial charge in [-0.2, -0.15) is 0 Å². The predicted octanol–water partition coefficient (Wildman–Crippen LogP) is 2.09. The van der Waals surface area contributed by atoms with Gasteiger partial charge in [-0.3, -0.25) is 9.59 Å². The van der Waals surface area contributed by atoms with E-state index in [-0.39, 0.29) is 12.1 Å². The zero-order chi connectivity index (χ0) is 10.8. The second-order valence-electron chi connectivity index (χ2n) is 4.85. The lowest BCUT2D eigenvalue weighted by molar-refractivity contribution is -0.150. The summed E-state index contributed by atoms with van der Waals surface area (Å²) in [6, 6.07) is 0. The molecule has 0 spiro atoms. The van der Waals surface area contributed by atoms with Crippen LogP contribution in [-0.4, -0.2) is 17.9 Å². The van der Waals surface area contributed by atoms with E-state index in [1.54, 1.807) is 0 Å². The van der Waals surface area contributed by atoms with Crippen LogP contribution >= 0.6 is 0 Å². The normalized spacial score (nSPS) is 35.8. The smallest absolute Gasteiger partial charge is 0.302 e. The Hall–Kier alpha value is -0.860. The first-order chi connectivity index (χ1) is 7.15. The highest BCUT2D eigenvalue weighted by atomic mass is 16.5. The summed E-state index contributed by atoms with van der Waals surface area (Å²) < 4.78 is 5.24. The van der Waals surface area contributed by atoms with Crippen molar-refractivity contribution in [2.24, 2.45) is 11.8 Å². The van der Waals surface area contributed by atoms with Gasteiger partial charge in [0.2, 0.25) is 0 Å². The van der Waals surface area contributed by atoms with Crippen molar-refractivity contribution >= 4 is 11.8 Å². The Morgan fingerprint density at radius 1 is 1.27 bits per heavy atom. The molecule has 0 aromatic heterocycles. The van der Waals surface area contributed by atoms with Crippen LogP contribution in [0, 0.1) is 11.8 Å². The Kier molecular flexibility index (Phi) is 3.08. The molecule has 0 heterocycles. The van der Waals surface area contributed by atoms with E-state index in [0.29, 0.717) is 17.6 Å². The van der Waals surface area contributed by atoms with Gasteiger partial charge in [-0.15, -0.1) is 0 Å². The van der Waals surface area contributed by atoms with E-state index < -0.39 is 0 Å². The SMILES string of the molecule is CC(=O)O[C@@H]1CCC2CC(=O)CCC2C1. The van der Waals surface area contributed by atoms with Crippen LogP contribution in [0.4, 0.5) is 0 Å². The quantitative estimate of drug-likeness (QED) is 0.622. The van der Waals surface area contributed by atoms with Crippen LogP contribution in [-0.2, 0) is 14.3 Å². The van der Waals surface area contributed by atoms with Crippen LogP contribution in [0.15, 0.2) is 0 Å². The molecule has 2 aliphatic carbocycles. The number of carbonyl (C=O) groups is 2. The number of esters is 1. The van der Waals surface area contributed by atoms with Crippen LogP contribution in [0.1, 0.15) is 45.4 Å². The minimum Gasteiger partial charge on any atom is -0.463 e. The average Bonchev–Trinajstić information content (AvgIpc) is 2.17. The summed E-state index contributed by atoms with van der Waals surface area (Å²) in [5, 5.41) is 0. The van der Waals surface area contributed by atoms with Gasteiger partial charge in [0, 0.05) is 19.8 Å². The topological polar surface area (TPSA) is 43.4 Å². The minimum absolute atomic E-state index is 0.108. The van der Waals surface area contributed by atoms with Crippen molar-refractivity contribution in [1.29, 1.82) is 0 Å². The van der Waals surface area contributed by atoms with Crippen molar-refractivity contribution in [3.05, 3.63) is 0 Å². The molecule has 0 saturated heterocycles. The van der Waals surface area contributed by atoms with Gasteiger partial charge in [0.15, 0.2) is 0 Å². The van der Waals surface area contributed by atoms with Gasteiger partial charge in [-0.25, -0.2) is 0 Å². The number of hydrogen-bond acceptors (Lipinski definition) is 3. The van der Waals surface area contributed by atoms with Crippen molar-refractivity contribution < 1.29 is 14.3 Å². The highest BCUT2D eigenvalue weighted by Gasteiger charge is 2.35. The van der Waals surface area contributed by atoms with E-state index >= 15 is 0 Å². The van der Waals surface area contributed by atoms with Gasteiger partial charge >= 0.3 is 5.97 Å². The molecule has 3 atom stereocenters. The van der Waals surface area contributed by atoms with E-state index in [4.69, 9.17) is 4.74 Å². The molecule has 15 heavy (non-hydrogen) atoms. The van der Waals surface area contributed by atoms with Crippen molar-refractivity contribution in [1.82, 2.24) is 0 Å². The van der Waals surface area contributed by atoms with Crippen molar-refractivity contribution in [3.63, 3.8) is 0 Å². The lowest BCUT2D eigenvalue weighted by Gasteiger charge is -2.38. The number of hydrogen-bond donors (Lipinski definition) is 0. The molecule has 0 amide bonds. The lowest BCUT2D eigenvalue weighted by Crippen LogP contribution is -2.34. The highest BCUT2D eigenvalue weighted by molar-refractivity contribution is 5.79. The summed E-state index contributed by atoms with van der Waals surface area (Å²) >= 11 is 0. The molecular formula is C12H18O3. The first-order valence-corrected chi connectivity index (χ1v) is 5.84. The van der Waals surface area contributed by atoms with Crippen molar-refractivity contribution in [3.8, 4) is 0 Å². The van der Waals surface area contributed by atoms with E-state index in [1.165, 1.54) is 6.92 Å². The number of Topliss-reactive ketones (excluding diaryl/α,β-unsaturated/α-hetero) is 1. The summed E-state index contributed by atoms with van der Waals surface area (Å²) in [5.74, 6) is 1.42. The third-order valence-electron chi connectivity index (χ3n) is 3.71. The van der Waals surface area contributed by atoms with Crippen LogP contribution in [0.25, 0.3) is 0 Å². The van der Waals surface area contributed by atoms with Crippen LogP contribution in [0.3, 0.4) is 0 Å². The van der Waals surface area contributed by atoms with Crippen LogP contribution in [0.2, 0.25) is 0 Å². The molecule has 2 rings (SSSR count). The van der Waals surface area contributed by atoms with Gasteiger partial charge < -0.3 is 4.74 Å². The van der Waals surface area contributed by atoms with E-state index in [0.717, 1.165) is 38.5 Å². The molecule has 3 heteroatoms. The zero-order valence-corrected chi connectivity index (χ0v) is 9.20. The van der Waals surface area contributed by atoms with Gasteiger partial charge in [0.05, 0.1) is 0 Å². The minimum atomic E-state index is -0.176. The maximum Gasteiger partial charge on any atom is 0.302 e. The van der Waals surface area contributed by atoms with Crippen LogP contribution in [0.5, 0.6) is 0 Å². The van der Waals surface area contributed by atoms with E-state index in [1.807, 2.05) is 0 Å². The monoisotopic (exact) mass is 210 g/mol. The Labute approximate surface area is 90.2 Å². The fourth-order valence-electron chi connectivity index (χ4n) is 2.99. The number of carbonyl (C=O) groups excluding carboxylic acids is 2. The molecule has 84 valence electrons. The first-order valence-electron chi connectivity index (χ1n) is 5.84. The number of ketones is 1. The van der Waals surface area contributed by atoms with E-state index in [2.05, 4.69) is 0 Å². The van der Waals surface area contributed by atoms with E-state index in [9.17, 15) is 9.59 Å². The second kappa shape index (κ2) is 4.33. The standard InChI is InChI=1S/C12H18O3/c1-8(13)15-12-5-3-9-6-11(14)4-2-10(9)7-12/h9-10,12H,2-7H2,1H3/t9?,10?,12-/m1/s1. The maximum absolute atomic E-state index is 11.3. The van der Waals surface area contributed by atoms with Crippen molar-refractivity contribution in [2.45, 2.75) is 51.6 Å². The summed E-state index contributed by atoms with van der Waals surface area (Å²) in [7, 11) is 0. The zero-order valence-electron chi connectivity index (χ0n) is 9.20. The molecule has 2 aliphatic rings. The fourth-order valence-corrected chi connectivity index (χ4v) is 2.99. The third kappa shape index (κ3) is 2.58. The van der Waals surface area contributed by atoms with Crippen LogP contribution < -0.4 is 0 Å². The molecule has 0 aliphatic heterocycles. The molecule has 3 nitrogen and oxygen atoms in total.